The van der Waals surface area contributed by atoms with Crippen LogP contribution in [0, 0.1) is 12.7 Å². The van der Waals surface area contributed by atoms with Crippen molar-refractivity contribution in [3.05, 3.63) is 76.9 Å². The number of rotatable bonds is 7. The highest BCUT2D eigenvalue weighted by atomic mass is 19.1. The number of halogens is 1. The first-order valence-electron chi connectivity index (χ1n) is 12.0. The zero-order chi connectivity index (χ0) is 25.2. The number of anilines is 1. The number of ketones is 1. The van der Waals surface area contributed by atoms with Crippen LogP contribution in [0.5, 0.6) is 0 Å². The molecule has 0 atom stereocenters. The molecule has 8 heteroatoms. The van der Waals surface area contributed by atoms with Gasteiger partial charge in [-0.15, -0.1) is 0 Å². The number of nitrogens with zero attached hydrogens (tertiary/aromatic N) is 1. The number of amides is 2. The molecular weight excluding hydrogens is 459 g/mol. The number of benzene rings is 2. The summed E-state index contributed by atoms with van der Waals surface area (Å²) < 4.78 is 14.6. The van der Waals surface area contributed by atoms with Crippen molar-refractivity contribution in [1.82, 2.24) is 15.2 Å². The second-order valence-electron chi connectivity index (χ2n) is 9.17. The summed E-state index contributed by atoms with van der Waals surface area (Å²) in [7, 11) is 0. The molecular formula is C28H27FN4O3. The van der Waals surface area contributed by atoms with Gasteiger partial charge in [0.05, 0.1) is 24.2 Å². The number of H-pyrrole nitrogens is 1. The van der Waals surface area contributed by atoms with Crippen LogP contribution in [0.2, 0.25) is 0 Å². The van der Waals surface area contributed by atoms with Crippen LogP contribution in [-0.2, 0) is 9.59 Å². The monoisotopic (exact) mass is 486 g/mol. The minimum atomic E-state index is -0.376. The summed E-state index contributed by atoms with van der Waals surface area (Å²) in [6.45, 7) is 3.94. The largest absolute Gasteiger partial charge is 0.361 e. The van der Waals surface area contributed by atoms with E-state index < -0.39 is 0 Å². The van der Waals surface area contributed by atoms with Crippen molar-refractivity contribution < 1.29 is 18.8 Å². The lowest BCUT2D eigenvalue weighted by atomic mass is 9.94. The quantitative estimate of drug-likeness (QED) is 0.440. The van der Waals surface area contributed by atoms with Crippen molar-refractivity contribution >= 4 is 34.9 Å². The molecule has 0 spiro atoms. The number of hydrogen-bond donors (Lipinski definition) is 3. The third-order valence-corrected chi connectivity index (χ3v) is 6.75. The number of carbonyl (C=O) groups excluding carboxylic acids is 3. The molecule has 2 aromatic carbocycles. The predicted octanol–water partition coefficient (Wildman–Crippen LogP) is 4.02. The van der Waals surface area contributed by atoms with Crippen molar-refractivity contribution in [3.63, 3.8) is 0 Å². The summed E-state index contributed by atoms with van der Waals surface area (Å²) in [4.78, 5) is 43.0. The Morgan fingerprint density at radius 1 is 1.08 bits per heavy atom. The third kappa shape index (κ3) is 4.59. The van der Waals surface area contributed by atoms with Crippen molar-refractivity contribution in [2.45, 2.75) is 19.8 Å². The second-order valence-corrected chi connectivity index (χ2v) is 9.17. The fourth-order valence-electron chi connectivity index (χ4n) is 4.85. The van der Waals surface area contributed by atoms with Crippen LogP contribution in [0.25, 0.3) is 22.8 Å². The Balaban J connectivity index is 1.38. The van der Waals surface area contributed by atoms with Gasteiger partial charge in [-0.3, -0.25) is 19.3 Å². The Kier molecular flexibility index (Phi) is 6.52. The van der Waals surface area contributed by atoms with Crippen LogP contribution in [-0.4, -0.2) is 53.7 Å². The topological polar surface area (TPSA) is 94.3 Å². The average molecular weight is 487 g/mol. The molecule has 1 saturated heterocycles. The van der Waals surface area contributed by atoms with Gasteiger partial charge >= 0.3 is 0 Å². The van der Waals surface area contributed by atoms with Gasteiger partial charge in [0.1, 0.15) is 5.82 Å². The molecule has 0 unspecified atom stereocenters. The third-order valence-electron chi connectivity index (χ3n) is 6.75. The molecule has 184 valence electrons. The van der Waals surface area contributed by atoms with Gasteiger partial charge in [0.2, 0.25) is 0 Å². The van der Waals surface area contributed by atoms with Gasteiger partial charge < -0.3 is 15.6 Å². The molecule has 2 aliphatic heterocycles. The van der Waals surface area contributed by atoms with Crippen LogP contribution >= 0.6 is 0 Å². The van der Waals surface area contributed by atoms with E-state index in [1.165, 1.54) is 6.07 Å². The van der Waals surface area contributed by atoms with Crippen LogP contribution < -0.4 is 10.6 Å². The molecule has 7 nitrogen and oxygen atoms in total. The van der Waals surface area contributed by atoms with Crippen LogP contribution in [0.3, 0.4) is 0 Å². The predicted molar refractivity (Wildman–Crippen MR) is 137 cm³/mol. The molecule has 3 N–H and O–H groups in total. The maximum atomic E-state index is 14.6. The standard InChI is InChI=1S/C28H27FN4O3/c1-17-22(27(35)31-14-18(34)16-33-11-4-5-12-33)15-30-25(17)13-21-26-20(19-7-2-3-9-23(19)29)8-6-10-24(26)32-28(21)36/h2-3,6-10,13,15,30H,4-5,11-12,14,16H2,1H3,(H,31,35)(H,32,36). The first-order valence-corrected chi connectivity index (χ1v) is 12.0. The number of nitrogens with one attached hydrogen (secondary N) is 3. The lowest BCUT2D eigenvalue weighted by Crippen LogP contribution is -2.36. The number of aromatic nitrogens is 1. The summed E-state index contributed by atoms with van der Waals surface area (Å²) >= 11 is 0. The smallest absolute Gasteiger partial charge is 0.256 e. The lowest BCUT2D eigenvalue weighted by Gasteiger charge is -2.13. The zero-order valence-corrected chi connectivity index (χ0v) is 20.0. The first kappa shape index (κ1) is 23.7. The van der Waals surface area contributed by atoms with E-state index in [9.17, 15) is 18.8 Å². The van der Waals surface area contributed by atoms with Crippen molar-refractivity contribution in [3.8, 4) is 11.1 Å². The fraction of sp³-hybridized carbons (Fsp3) is 0.250. The van der Waals surface area contributed by atoms with E-state index in [-0.39, 0.29) is 30.0 Å². The normalized spacial score (nSPS) is 16.3. The van der Waals surface area contributed by atoms with Crippen molar-refractivity contribution in [1.29, 1.82) is 0 Å². The summed E-state index contributed by atoms with van der Waals surface area (Å²) in [6, 6.07) is 11.8. The minimum absolute atomic E-state index is 0.0271. The van der Waals surface area contributed by atoms with Crippen LogP contribution in [0.15, 0.2) is 48.7 Å². The van der Waals surface area contributed by atoms with E-state index in [2.05, 4.69) is 20.5 Å². The van der Waals surface area contributed by atoms with E-state index in [0.29, 0.717) is 51.3 Å². The van der Waals surface area contributed by atoms with Crippen LogP contribution in [0.1, 0.15) is 40.0 Å². The van der Waals surface area contributed by atoms with E-state index >= 15 is 0 Å². The number of fused-ring (bicyclic) bond motifs is 1. The molecule has 3 heterocycles. The number of Topliss-reactive ketones (excluding diaryl/α,β-unsaturated/α-hetero) is 1. The maximum Gasteiger partial charge on any atom is 0.256 e. The van der Waals surface area contributed by atoms with Gasteiger partial charge in [-0.25, -0.2) is 4.39 Å². The molecule has 2 amide bonds. The molecule has 0 saturated carbocycles. The van der Waals surface area contributed by atoms with Crippen molar-refractivity contribution in [2.24, 2.45) is 0 Å². The summed E-state index contributed by atoms with van der Waals surface area (Å²) in [5.74, 6) is -1.06. The fourth-order valence-corrected chi connectivity index (χ4v) is 4.85. The molecule has 5 rings (SSSR count). The molecule has 1 fully saturated rings. The Hall–Kier alpha value is -4.04. The molecule has 3 aromatic rings. The Morgan fingerprint density at radius 2 is 1.83 bits per heavy atom. The summed E-state index contributed by atoms with van der Waals surface area (Å²) in [5.41, 5.74) is 4.23. The zero-order valence-electron chi connectivity index (χ0n) is 20.0. The number of hydrogen-bond acceptors (Lipinski definition) is 4. The Bertz CT molecular complexity index is 1390. The van der Waals surface area contributed by atoms with Crippen LogP contribution in [0.4, 0.5) is 10.1 Å². The summed E-state index contributed by atoms with van der Waals surface area (Å²) in [5, 5.41) is 5.55. The number of likely N-dealkylation sites (tertiary alicyclic amines) is 1. The maximum absolute atomic E-state index is 14.6. The molecule has 0 aliphatic carbocycles. The highest BCUT2D eigenvalue weighted by molar-refractivity contribution is 6.36. The van der Waals surface area contributed by atoms with Gasteiger partial charge in [-0.2, -0.15) is 0 Å². The van der Waals surface area contributed by atoms with Gasteiger partial charge in [0.25, 0.3) is 11.8 Å². The lowest BCUT2D eigenvalue weighted by molar-refractivity contribution is -0.119. The highest BCUT2D eigenvalue weighted by Crippen LogP contribution is 2.41. The van der Waals surface area contributed by atoms with Gasteiger partial charge in [-0.05, 0) is 62.2 Å². The number of aromatic amines is 1. The van der Waals surface area contributed by atoms with E-state index in [0.717, 1.165) is 25.9 Å². The summed E-state index contributed by atoms with van der Waals surface area (Å²) in [6.07, 6.45) is 5.45. The van der Waals surface area contributed by atoms with E-state index in [1.807, 2.05) is 0 Å². The van der Waals surface area contributed by atoms with Gasteiger partial charge in [0.15, 0.2) is 5.78 Å². The van der Waals surface area contributed by atoms with Crippen molar-refractivity contribution in [2.75, 3.05) is 31.5 Å². The molecule has 2 aliphatic rings. The van der Waals surface area contributed by atoms with E-state index in [1.54, 1.807) is 55.6 Å². The highest BCUT2D eigenvalue weighted by Gasteiger charge is 2.28. The SMILES string of the molecule is Cc1c(C(=O)NCC(=O)CN2CCCC2)c[nH]c1C=C1C(=O)Nc2cccc(-c3ccccc3F)c21. The molecule has 0 radical (unpaired) electrons. The molecule has 1 aromatic heterocycles. The molecule has 0 bridgehead atoms. The second kappa shape index (κ2) is 9.91. The van der Waals surface area contributed by atoms with Gasteiger partial charge in [-0.1, -0.05) is 30.3 Å². The Labute approximate surface area is 208 Å². The first-order chi connectivity index (χ1) is 17.4. The van der Waals surface area contributed by atoms with E-state index in [4.69, 9.17) is 0 Å². The van der Waals surface area contributed by atoms with Gasteiger partial charge in [0, 0.05) is 28.7 Å². The Morgan fingerprint density at radius 3 is 2.61 bits per heavy atom. The average Bonchev–Trinajstić information content (AvgIpc) is 3.58. The minimum Gasteiger partial charge on any atom is -0.361 e. The number of carbonyl (C=O) groups is 3. The molecule has 36 heavy (non-hydrogen) atoms.